The third-order valence-electron chi connectivity index (χ3n) is 4.11. The predicted molar refractivity (Wildman–Crippen MR) is 79.7 cm³/mol. The van der Waals surface area contributed by atoms with Crippen LogP contribution in [-0.2, 0) is 14.8 Å². The Labute approximate surface area is 124 Å². The Morgan fingerprint density at radius 3 is 2.76 bits per heavy atom. The molecule has 1 unspecified atom stereocenters. The first-order valence-corrected chi connectivity index (χ1v) is 8.52. The molecule has 0 saturated carbocycles. The maximum absolute atomic E-state index is 12.7. The summed E-state index contributed by atoms with van der Waals surface area (Å²) in [6.45, 7) is 5.34. The minimum absolute atomic E-state index is 0.0876. The van der Waals surface area contributed by atoms with Crippen LogP contribution >= 0.6 is 0 Å². The molecule has 2 aliphatic rings. The van der Waals surface area contributed by atoms with Crippen molar-refractivity contribution in [2.45, 2.75) is 30.7 Å². The van der Waals surface area contributed by atoms with Gasteiger partial charge in [0.1, 0.15) is 0 Å². The summed E-state index contributed by atoms with van der Waals surface area (Å²) < 4.78 is 26.9. The molecule has 1 saturated heterocycles. The highest BCUT2D eigenvalue weighted by Crippen LogP contribution is 2.34. The van der Waals surface area contributed by atoms with Crippen LogP contribution in [0, 0.1) is 0 Å². The molecule has 1 aromatic carbocycles. The quantitative estimate of drug-likeness (QED) is 0.844. The van der Waals surface area contributed by atoms with Crippen molar-refractivity contribution in [1.82, 2.24) is 9.62 Å². The molecule has 0 spiro atoms. The number of sulfonamides is 1. The molecule has 2 aliphatic heterocycles. The number of nitrogens with zero attached hydrogens (tertiary/aromatic N) is 1. The van der Waals surface area contributed by atoms with Crippen molar-refractivity contribution in [2.75, 3.05) is 25.0 Å². The summed E-state index contributed by atoms with van der Waals surface area (Å²) in [6, 6.07) is 5.01. The Balaban J connectivity index is 1.95. The first-order valence-electron chi connectivity index (χ1n) is 7.08. The molecule has 6 nitrogen and oxygen atoms in total. The molecule has 0 aromatic heterocycles. The summed E-state index contributed by atoms with van der Waals surface area (Å²) in [5, 5.41) is 5.98. The van der Waals surface area contributed by atoms with Gasteiger partial charge in [-0.1, -0.05) is 0 Å². The third-order valence-corrected chi connectivity index (χ3v) is 5.97. The van der Waals surface area contributed by atoms with Gasteiger partial charge in [-0.15, -0.1) is 0 Å². The standard InChI is InChI=1S/C14H19N3O3S/c1-9-8-17(6-5-15-9)21(19,20)11-3-4-13-12(7-11)10(2)14(18)16-13/h3-4,7,9-10,15H,5-6,8H2,1-2H3,(H,16,18)/t9-,10?/m1/s1. The number of carbonyl (C=O) groups excluding carboxylic acids is 1. The Morgan fingerprint density at radius 1 is 1.29 bits per heavy atom. The maximum Gasteiger partial charge on any atom is 0.243 e. The van der Waals surface area contributed by atoms with E-state index in [1.54, 1.807) is 25.1 Å². The van der Waals surface area contributed by atoms with Crippen LogP contribution in [-0.4, -0.2) is 44.3 Å². The summed E-state index contributed by atoms with van der Waals surface area (Å²) >= 11 is 0. The number of nitrogens with one attached hydrogen (secondary N) is 2. The van der Waals surface area contributed by atoms with Gasteiger partial charge >= 0.3 is 0 Å². The van der Waals surface area contributed by atoms with Gasteiger partial charge in [-0.25, -0.2) is 8.42 Å². The van der Waals surface area contributed by atoms with E-state index in [-0.39, 0.29) is 22.8 Å². The topological polar surface area (TPSA) is 78.5 Å². The molecule has 0 aliphatic carbocycles. The highest BCUT2D eigenvalue weighted by atomic mass is 32.2. The van der Waals surface area contributed by atoms with Crippen LogP contribution in [0.15, 0.2) is 23.1 Å². The lowest BCUT2D eigenvalue weighted by atomic mass is 10.0. The number of fused-ring (bicyclic) bond motifs is 1. The number of hydrogen-bond acceptors (Lipinski definition) is 4. The molecule has 3 rings (SSSR count). The van der Waals surface area contributed by atoms with Crippen LogP contribution in [0.3, 0.4) is 0 Å². The summed E-state index contributed by atoms with van der Waals surface area (Å²) in [4.78, 5) is 11.9. The Kier molecular flexibility index (Phi) is 3.51. The van der Waals surface area contributed by atoms with Crippen molar-refractivity contribution >= 4 is 21.6 Å². The van der Waals surface area contributed by atoms with E-state index < -0.39 is 10.0 Å². The number of carbonyl (C=O) groups is 1. The summed E-state index contributed by atoms with van der Waals surface area (Å²) in [5.41, 5.74) is 1.46. The van der Waals surface area contributed by atoms with E-state index in [1.807, 2.05) is 6.92 Å². The molecule has 1 fully saturated rings. The molecule has 2 N–H and O–H groups in total. The van der Waals surface area contributed by atoms with Crippen LogP contribution in [0.4, 0.5) is 5.69 Å². The summed E-state index contributed by atoms with van der Waals surface area (Å²) in [6.07, 6.45) is 0. The highest BCUT2D eigenvalue weighted by molar-refractivity contribution is 7.89. The predicted octanol–water partition coefficient (Wildman–Crippen LogP) is 0.725. The van der Waals surface area contributed by atoms with Crippen molar-refractivity contribution in [3.8, 4) is 0 Å². The van der Waals surface area contributed by atoms with E-state index in [4.69, 9.17) is 0 Å². The number of amides is 1. The minimum Gasteiger partial charge on any atom is -0.325 e. The van der Waals surface area contributed by atoms with Gasteiger partial charge in [0.05, 0.1) is 10.8 Å². The van der Waals surface area contributed by atoms with E-state index in [0.717, 1.165) is 5.56 Å². The number of anilines is 1. The van der Waals surface area contributed by atoms with Gasteiger partial charge in [0.2, 0.25) is 15.9 Å². The van der Waals surface area contributed by atoms with E-state index in [1.165, 1.54) is 4.31 Å². The normalized spacial score (nSPS) is 26.5. The van der Waals surface area contributed by atoms with Crippen molar-refractivity contribution < 1.29 is 13.2 Å². The van der Waals surface area contributed by atoms with Crippen LogP contribution in [0.25, 0.3) is 0 Å². The number of benzene rings is 1. The molecule has 0 radical (unpaired) electrons. The molecule has 114 valence electrons. The number of piperazine rings is 1. The van der Waals surface area contributed by atoms with Crippen molar-refractivity contribution in [3.63, 3.8) is 0 Å². The summed E-state index contributed by atoms with van der Waals surface area (Å²) in [5.74, 6) is -0.396. The zero-order chi connectivity index (χ0) is 15.2. The second-order valence-electron chi connectivity index (χ2n) is 5.68. The fraction of sp³-hybridized carbons (Fsp3) is 0.500. The molecule has 1 amide bonds. The molecule has 21 heavy (non-hydrogen) atoms. The second-order valence-corrected chi connectivity index (χ2v) is 7.62. The Morgan fingerprint density at radius 2 is 2.05 bits per heavy atom. The van der Waals surface area contributed by atoms with Gasteiger partial charge in [0, 0.05) is 31.4 Å². The molecule has 2 atom stereocenters. The van der Waals surface area contributed by atoms with E-state index in [9.17, 15) is 13.2 Å². The molecule has 2 heterocycles. The summed E-state index contributed by atoms with van der Waals surface area (Å²) in [7, 11) is -3.50. The van der Waals surface area contributed by atoms with Crippen molar-refractivity contribution in [2.24, 2.45) is 0 Å². The largest absolute Gasteiger partial charge is 0.325 e. The zero-order valence-electron chi connectivity index (χ0n) is 12.1. The van der Waals surface area contributed by atoms with E-state index >= 15 is 0 Å². The maximum atomic E-state index is 12.7. The number of rotatable bonds is 2. The fourth-order valence-electron chi connectivity index (χ4n) is 2.82. The first kappa shape index (κ1) is 14.5. The van der Waals surface area contributed by atoms with E-state index in [2.05, 4.69) is 10.6 Å². The number of hydrogen-bond donors (Lipinski definition) is 2. The fourth-order valence-corrected chi connectivity index (χ4v) is 4.39. The zero-order valence-corrected chi connectivity index (χ0v) is 12.9. The van der Waals surface area contributed by atoms with Crippen LogP contribution < -0.4 is 10.6 Å². The smallest absolute Gasteiger partial charge is 0.243 e. The molecule has 7 heteroatoms. The Bertz CT molecular complexity index is 687. The van der Waals surface area contributed by atoms with Gasteiger partial charge in [0.25, 0.3) is 0 Å². The van der Waals surface area contributed by atoms with Gasteiger partial charge in [0.15, 0.2) is 0 Å². The third kappa shape index (κ3) is 2.45. The van der Waals surface area contributed by atoms with Gasteiger partial charge in [-0.05, 0) is 37.6 Å². The van der Waals surface area contributed by atoms with E-state index in [0.29, 0.717) is 25.3 Å². The minimum atomic E-state index is -3.50. The van der Waals surface area contributed by atoms with Crippen LogP contribution in [0.5, 0.6) is 0 Å². The lowest BCUT2D eigenvalue weighted by Gasteiger charge is -2.31. The van der Waals surface area contributed by atoms with Gasteiger partial charge in [-0.3, -0.25) is 4.79 Å². The molecule has 1 aromatic rings. The Hall–Kier alpha value is -1.44. The first-order chi connectivity index (χ1) is 9.89. The molecule has 0 bridgehead atoms. The van der Waals surface area contributed by atoms with Gasteiger partial charge in [-0.2, -0.15) is 4.31 Å². The highest BCUT2D eigenvalue weighted by Gasteiger charge is 2.32. The average Bonchev–Trinajstić information content (AvgIpc) is 2.74. The average molecular weight is 309 g/mol. The van der Waals surface area contributed by atoms with Crippen LogP contribution in [0.1, 0.15) is 25.3 Å². The lowest BCUT2D eigenvalue weighted by molar-refractivity contribution is -0.116. The monoisotopic (exact) mass is 309 g/mol. The molecular weight excluding hydrogens is 290 g/mol. The lowest BCUT2D eigenvalue weighted by Crippen LogP contribution is -2.51. The second kappa shape index (κ2) is 5.08. The van der Waals surface area contributed by atoms with Crippen molar-refractivity contribution in [1.29, 1.82) is 0 Å². The van der Waals surface area contributed by atoms with Crippen LogP contribution in [0.2, 0.25) is 0 Å². The SMILES string of the molecule is CC1C(=O)Nc2ccc(S(=O)(=O)N3CCN[C@H](C)C3)cc21. The van der Waals surface area contributed by atoms with Crippen molar-refractivity contribution in [3.05, 3.63) is 23.8 Å². The van der Waals surface area contributed by atoms with Gasteiger partial charge < -0.3 is 10.6 Å². The molecular formula is C14H19N3O3S.